The van der Waals surface area contributed by atoms with Gasteiger partial charge in [-0.3, -0.25) is 0 Å². The number of carboxylic acid groups (broad SMARTS) is 1. The molecule has 1 aliphatic heterocycles. The van der Waals surface area contributed by atoms with E-state index in [1.165, 1.54) is 24.9 Å². The summed E-state index contributed by atoms with van der Waals surface area (Å²) in [7, 11) is 3.45. The number of anilines is 1. The molecule has 7 heteroatoms. The Balaban J connectivity index is 2.06. The quantitative estimate of drug-likeness (QED) is 0.866. The molecule has 1 atom stereocenters. The van der Waals surface area contributed by atoms with Crippen LogP contribution in [0.1, 0.15) is 34.6 Å². The van der Waals surface area contributed by atoms with Crippen LogP contribution in [0.3, 0.4) is 0 Å². The minimum atomic E-state index is -0.955. The lowest BCUT2D eigenvalue weighted by atomic mass is 10.1. The Morgan fingerprint density at radius 1 is 1.60 bits per heavy atom. The van der Waals surface area contributed by atoms with Crippen molar-refractivity contribution >= 4 is 22.4 Å². The number of hydrogen-bond donors (Lipinski definition) is 1. The topological polar surface area (TPSA) is 71.9 Å². The van der Waals surface area contributed by atoms with E-state index < -0.39 is 5.97 Å². The summed E-state index contributed by atoms with van der Waals surface area (Å²) in [6, 6.07) is 0. The van der Waals surface area contributed by atoms with Crippen molar-refractivity contribution in [3.05, 3.63) is 10.6 Å². The van der Waals surface area contributed by atoms with Crippen molar-refractivity contribution in [1.82, 2.24) is 4.98 Å². The Kier molecular flexibility index (Phi) is 5.33. The predicted octanol–water partition coefficient (Wildman–Crippen LogP) is 1.99. The van der Waals surface area contributed by atoms with Gasteiger partial charge in [-0.1, -0.05) is 11.3 Å². The molecular formula is C13H20N2O4S. The van der Waals surface area contributed by atoms with Gasteiger partial charge in [0.25, 0.3) is 0 Å². The zero-order chi connectivity index (χ0) is 14.5. The van der Waals surface area contributed by atoms with E-state index in [0.717, 1.165) is 26.0 Å². The van der Waals surface area contributed by atoms with E-state index in [2.05, 4.69) is 4.98 Å². The SMILES string of the molecule is COCc1nc(N(C)CC2CCCCO2)sc1C(=O)O. The maximum atomic E-state index is 11.2. The van der Waals surface area contributed by atoms with Crippen LogP contribution in [0.2, 0.25) is 0 Å². The third-order valence-electron chi connectivity index (χ3n) is 3.24. The summed E-state index contributed by atoms with van der Waals surface area (Å²) in [4.78, 5) is 17.8. The molecule has 20 heavy (non-hydrogen) atoms. The van der Waals surface area contributed by atoms with Crippen molar-refractivity contribution in [2.24, 2.45) is 0 Å². The van der Waals surface area contributed by atoms with E-state index in [4.69, 9.17) is 9.47 Å². The monoisotopic (exact) mass is 300 g/mol. The summed E-state index contributed by atoms with van der Waals surface area (Å²) < 4.78 is 10.7. The highest BCUT2D eigenvalue weighted by molar-refractivity contribution is 7.17. The molecule has 1 saturated heterocycles. The molecule has 0 aromatic carbocycles. The van der Waals surface area contributed by atoms with E-state index in [1.54, 1.807) is 0 Å². The summed E-state index contributed by atoms with van der Waals surface area (Å²) in [5.74, 6) is -0.955. The van der Waals surface area contributed by atoms with Gasteiger partial charge in [0.2, 0.25) is 0 Å². The fourth-order valence-corrected chi connectivity index (χ4v) is 3.12. The zero-order valence-electron chi connectivity index (χ0n) is 11.8. The summed E-state index contributed by atoms with van der Waals surface area (Å²) >= 11 is 1.18. The van der Waals surface area contributed by atoms with Gasteiger partial charge >= 0.3 is 5.97 Å². The molecule has 1 aromatic rings. The minimum Gasteiger partial charge on any atom is -0.477 e. The van der Waals surface area contributed by atoms with Crippen LogP contribution in [-0.2, 0) is 16.1 Å². The van der Waals surface area contributed by atoms with Gasteiger partial charge in [-0.2, -0.15) is 0 Å². The molecule has 0 amide bonds. The maximum Gasteiger partial charge on any atom is 0.347 e. The van der Waals surface area contributed by atoms with Crippen LogP contribution in [0, 0.1) is 0 Å². The smallest absolute Gasteiger partial charge is 0.347 e. The number of methoxy groups -OCH3 is 1. The molecule has 1 N–H and O–H groups in total. The number of ether oxygens (including phenoxy) is 2. The van der Waals surface area contributed by atoms with Gasteiger partial charge in [-0.15, -0.1) is 0 Å². The number of aromatic carboxylic acids is 1. The number of likely N-dealkylation sites (N-methyl/N-ethyl adjacent to an activating group) is 1. The lowest BCUT2D eigenvalue weighted by molar-refractivity contribution is 0.0216. The van der Waals surface area contributed by atoms with E-state index >= 15 is 0 Å². The highest BCUT2D eigenvalue weighted by atomic mass is 32.1. The number of aromatic nitrogens is 1. The Morgan fingerprint density at radius 2 is 2.40 bits per heavy atom. The Morgan fingerprint density at radius 3 is 3.00 bits per heavy atom. The summed E-state index contributed by atoms with van der Waals surface area (Å²) in [6.07, 6.45) is 3.56. The molecule has 6 nitrogen and oxygen atoms in total. The number of thiazole rings is 1. The summed E-state index contributed by atoms with van der Waals surface area (Å²) in [6.45, 7) is 1.76. The number of carboxylic acids is 1. The highest BCUT2D eigenvalue weighted by Gasteiger charge is 2.22. The van der Waals surface area contributed by atoms with Gasteiger partial charge in [0.1, 0.15) is 4.88 Å². The van der Waals surface area contributed by atoms with Crippen molar-refractivity contribution in [3.8, 4) is 0 Å². The van der Waals surface area contributed by atoms with Crippen molar-refractivity contribution in [2.75, 3.05) is 32.2 Å². The number of hydrogen-bond acceptors (Lipinski definition) is 6. The number of nitrogens with zero attached hydrogens (tertiary/aromatic N) is 2. The van der Waals surface area contributed by atoms with Crippen molar-refractivity contribution in [2.45, 2.75) is 32.0 Å². The standard InChI is InChI=1S/C13H20N2O4S/c1-15(7-9-5-3-4-6-19-9)13-14-10(8-18-2)11(20-13)12(16)17/h9H,3-8H2,1-2H3,(H,16,17). The second-order valence-electron chi connectivity index (χ2n) is 4.88. The van der Waals surface area contributed by atoms with Crippen LogP contribution in [0.25, 0.3) is 0 Å². The molecule has 0 radical (unpaired) electrons. The van der Waals surface area contributed by atoms with Crippen molar-refractivity contribution < 1.29 is 19.4 Å². The van der Waals surface area contributed by atoms with Crippen LogP contribution < -0.4 is 4.90 Å². The Labute approximate surface area is 122 Å². The van der Waals surface area contributed by atoms with E-state index in [0.29, 0.717) is 10.8 Å². The summed E-state index contributed by atoms with van der Waals surface area (Å²) in [5.41, 5.74) is 0.483. The third kappa shape index (κ3) is 3.68. The van der Waals surface area contributed by atoms with Gasteiger partial charge in [0.05, 0.1) is 18.4 Å². The van der Waals surface area contributed by atoms with Crippen molar-refractivity contribution in [3.63, 3.8) is 0 Å². The molecule has 0 spiro atoms. The summed E-state index contributed by atoms with van der Waals surface area (Å²) in [5, 5.41) is 9.88. The molecule has 1 fully saturated rings. The first-order chi connectivity index (χ1) is 9.61. The molecule has 0 saturated carbocycles. The fraction of sp³-hybridized carbons (Fsp3) is 0.692. The van der Waals surface area contributed by atoms with Crippen LogP contribution in [0.15, 0.2) is 0 Å². The van der Waals surface area contributed by atoms with Gasteiger partial charge in [-0.25, -0.2) is 9.78 Å². The molecule has 1 unspecified atom stereocenters. The molecular weight excluding hydrogens is 280 g/mol. The highest BCUT2D eigenvalue weighted by Crippen LogP contribution is 2.27. The Bertz CT molecular complexity index is 457. The molecule has 0 bridgehead atoms. The zero-order valence-corrected chi connectivity index (χ0v) is 12.6. The van der Waals surface area contributed by atoms with Gasteiger partial charge in [0.15, 0.2) is 5.13 Å². The van der Waals surface area contributed by atoms with Crippen LogP contribution in [-0.4, -0.2) is 49.5 Å². The van der Waals surface area contributed by atoms with E-state index in [-0.39, 0.29) is 17.6 Å². The first-order valence-corrected chi connectivity index (χ1v) is 7.48. The van der Waals surface area contributed by atoms with Crippen LogP contribution in [0.4, 0.5) is 5.13 Å². The van der Waals surface area contributed by atoms with E-state index in [1.807, 2.05) is 11.9 Å². The lowest BCUT2D eigenvalue weighted by Gasteiger charge is -2.27. The number of carbonyl (C=O) groups is 1. The molecule has 1 aromatic heterocycles. The molecule has 112 valence electrons. The van der Waals surface area contributed by atoms with Gasteiger partial charge in [0, 0.05) is 27.3 Å². The number of rotatable bonds is 6. The largest absolute Gasteiger partial charge is 0.477 e. The third-order valence-corrected chi connectivity index (χ3v) is 4.44. The first-order valence-electron chi connectivity index (χ1n) is 6.66. The van der Waals surface area contributed by atoms with Gasteiger partial charge in [-0.05, 0) is 19.3 Å². The van der Waals surface area contributed by atoms with Gasteiger partial charge < -0.3 is 19.5 Å². The first kappa shape index (κ1) is 15.2. The molecule has 0 aliphatic carbocycles. The predicted molar refractivity (Wildman–Crippen MR) is 76.6 cm³/mol. The average molecular weight is 300 g/mol. The molecule has 2 rings (SSSR count). The van der Waals surface area contributed by atoms with Crippen LogP contribution in [0.5, 0.6) is 0 Å². The maximum absolute atomic E-state index is 11.2. The second-order valence-corrected chi connectivity index (χ2v) is 5.86. The van der Waals surface area contributed by atoms with Crippen molar-refractivity contribution in [1.29, 1.82) is 0 Å². The fourth-order valence-electron chi connectivity index (χ4n) is 2.24. The van der Waals surface area contributed by atoms with Crippen LogP contribution >= 0.6 is 11.3 Å². The average Bonchev–Trinajstić information content (AvgIpc) is 2.85. The minimum absolute atomic E-state index is 0.205. The second kappa shape index (κ2) is 7.01. The lowest BCUT2D eigenvalue weighted by Crippen LogP contribution is -2.33. The normalized spacial score (nSPS) is 19.0. The Hall–Kier alpha value is -1.18. The van der Waals surface area contributed by atoms with E-state index in [9.17, 15) is 9.90 Å². The molecule has 2 heterocycles. The molecule has 1 aliphatic rings.